The van der Waals surface area contributed by atoms with Crippen LogP contribution in [0, 0.1) is 0 Å². The van der Waals surface area contributed by atoms with Crippen LogP contribution in [-0.2, 0) is 0 Å². The molecule has 0 aliphatic carbocycles. The first-order chi connectivity index (χ1) is 5.62. The number of rotatable bonds is 4. The first-order valence-electron chi connectivity index (χ1n) is 3.22. The van der Waals surface area contributed by atoms with Crippen LogP contribution < -0.4 is 0 Å². The lowest BCUT2D eigenvalue weighted by Gasteiger charge is -1.94. The van der Waals surface area contributed by atoms with Crippen molar-refractivity contribution < 1.29 is 10.2 Å². The molecule has 0 aliphatic rings. The summed E-state index contributed by atoms with van der Waals surface area (Å²) in [7, 11) is 0. The zero-order valence-corrected chi connectivity index (χ0v) is 9.41. The smallest absolute Gasteiger partial charge is 0.0810 e. The van der Waals surface area contributed by atoms with Gasteiger partial charge in [0.25, 0.3) is 0 Å². The highest BCUT2D eigenvalue weighted by atomic mass is 35.5. The topological polar surface area (TPSA) is 40.5 Å². The van der Waals surface area contributed by atoms with Crippen LogP contribution in [0.25, 0.3) is 0 Å². The van der Waals surface area contributed by atoms with E-state index in [2.05, 4.69) is 0 Å². The van der Waals surface area contributed by atoms with Gasteiger partial charge in [-0.25, -0.2) is 0 Å². The summed E-state index contributed by atoms with van der Waals surface area (Å²) >= 11 is 20.5. The molecular formula is C6H12Cl4O2. The minimum atomic E-state index is -0.534. The number of aliphatic hydroxyl groups excluding tert-OH is 2. The summed E-state index contributed by atoms with van der Waals surface area (Å²) in [4.78, 5) is 0. The molecule has 0 atom stereocenters. The molecule has 0 bridgehead atoms. The van der Waals surface area contributed by atoms with E-state index in [0.29, 0.717) is 0 Å². The maximum atomic E-state index is 8.40. The molecule has 6 heteroatoms. The Morgan fingerprint density at radius 2 is 0.833 bits per heavy atom. The largest absolute Gasteiger partial charge is 0.391 e. The van der Waals surface area contributed by atoms with Gasteiger partial charge in [0, 0.05) is 23.5 Å². The van der Waals surface area contributed by atoms with Crippen LogP contribution in [0.15, 0.2) is 0 Å². The average molecular weight is 258 g/mol. The highest BCUT2D eigenvalue weighted by Crippen LogP contribution is 1.88. The van der Waals surface area contributed by atoms with E-state index >= 15 is 0 Å². The number of aliphatic hydroxyl groups is 2. The lowest BCUT2D eigenvalue weighted by molar-refractivity contribution is 0.222. The first kappa shape index (κ1) is 15.5. The van der Waals surface area contributed by atoms with Gasteiger partial charge in [0.2, 0.25) is 0 Å². The second-order valence-corrected chi connectivity index (χ2v) is 3.16. The zero-order valence-electron chi connectivity index (χ0n) is 6.39. The van der Waals surface area contributed by atoms with Gasteiger partial charge in [-0.05, 0) is 0 Å². The minimum absolute atomic E-state index is 0.226. The second kappa shape index (κ2) is 12.1. The van der Waals surface area contributed by atoms with Crippen LogP contribution >= 0.6 is 46.4 Å². The van der Waals surface area contributed by atoms with Gasteiger partial charge in [-0.1, -0.05) is 0 Å². The van der Waals surface area contributed by atoms with E-state index in [1.165, 1.54) is 0 Å². The Morgan fingerprint density at radius 1 is 0.667 bits per heavy atom. The van der Waals surface area contributed by atoms with Gasteiger partial charge in [0.15, 0.2) is 0 Å². The molecule has 0 aromatic carbocycles. The summed E-state index contributed by atoms with van der Waals surface area (Å²) in [6, 6.07) is 0. The molecule has 0 aliphatic heterocycles. The van der Waals surface area contributed by atoms with Gasteiger partial charge in [-0.2, -0.15) is 0 Å². The van der Waals surface area contributed by atoms with Crippen LogP contribution in [0.5, 0.6) is 0 Å². The molecule has 0 saturated carbocycles. The van der Waals surface area contributed by atoms with Crippen molar-refractivity contribution in [2.45, 2.75) is 12.2 Å². The molecule has 0 heterocycles. The van der Waals surface area contributed by atoms with Crippen molar-refractivity contribution in [3.05, 3.63) is 0 Å². The van der Waals surface area contributed by atoms with E-state index in [9.17, 15) is 0 Å². The molecule has 12 heavy (non-hydrogen) atoms. The van der Waals surface area contributed by atoms with Gasteiger partial charge in [0.1, 0.15) is 0 Å². The third-order valence-corrected chi connectivity index (χ3v) is 2.14. The molecule has 0 unspecified atom stereocenters. The summed E-state index contributed by atoms with van der Waals surface area (Å²) in [5.74, 6) is 0.903. The SMILES string of the molecule is OC(CCl)CCl.OC(CCl)CCl. The third kappa shape index (κ3) is 13.7. The predicted octanol–water partition coefficient (Wildman–Crippen LogP) is 1.65. The lowest BCUT2D eigenvalue weighted by atomic mass is 10.5. The van der Waals surface area contributed by atoms with Crippen LogP contribution in [0.3, 0.4) is 0 Å². The molecule has 0 saturated heterocycles. The fourth-order valence-electron chi connectivity index (χ4n) is 0.0825. The number of hydrogen-bond donors (Lipinski definition) is 2. The zero-order chi connectivity index (χ0) is 9.98. The third-order valence-electron chi connectivity index (χ3n) is 0.712. The van der Waals surface area contributed by atoms with E-state index in [1.807, 2.05) is 0 Å². The monoisotopic (exact) mass is 256 g/mol. The van der Waals surface area contributed by atoms with Gasteiger partial charge in [-0.15, -0.1) is 46.4 Å². The molecule has 0 spiro atoms. The normalized spacial score (nSPS) is 10.0. The Morgan fingerprint density at radius 3 is 0.833 bits per heavy atom. The van der Waals surface area contributed by atoms with Gasteiger partial charge >= 0.3 is 0 Å². The summed E-state index contributed by atoms with van der Waals surface area (Å²) in [6.45, 7) is 0. The van der Waals surface area contributed by atoms with Crippen molar-refractivity contribution in [2.24, 2.45) is 0 Å². The van der Waals surface area contributed by atoms with Crippen molar-refractivity contribution in [3.63, 3.8) is 0 Å². The first-order valence-corrected chi connectivity index (χ1v) is 5.36. The predicted molar refractivity (Wildman–Crippen MR) is 54.9 cm³/mol. The summed E-state index contributed by atoms with van der Waals surface area (Å²) in [6.07, 6.45) is -1.07. The lowest BCUT2D eigenvalue weighted by Crippen LogP contribution is -2.08. The number of alkyl halides is 4. The van der Waals surface area contributed by atoms with Crippen LogP contribution in [-0.4, -0.2) is 45.9 Å². The molecular weight excluding hydrogens is 246 g/mol. The van der Waals surface area contributed by atoms with Gasteiger partial charge < -0.3 is 10.2 Å². The van der Waals surface area contributed by atoms with Crippen molar-refractivity contribution in [3.8, 4) is 0 Å². The van der Waals surface area contributed by atoms with Crippen molar-refractivity contribution in [1.29, 1.82) is 0 Å². The minimum Gasteiger partial charge on any atom is -0.391 e. The highest BCUT2D eigenvalue weighted by Gasteiger charge is 1.94. The van der Waals surface area contributed by atoms with Crippen LogP contribution in [0.1, 0.15) is 0 Å². The van der Waals surface area contributed by atoms with Crippen molar-refractivity contribution in [2.75, 3.05) is 23.5 Å². The standard InChI is InChI=1S/2C3H6Cl2O/c2*4-1-3(6)2-5/h2*3,6H,1-2H2. The molecule has 76 valence electrons. The summed E-state index contributed by atoms with van der Waals surface area (Å²) in [5.41, 5.74) is 0. The van der Waals surface area contributed by atoms with Gasteiger partial charge in [-0.3, -0.25) is 0 Å². The molecule has 0 rings (SSSR count). The van der Waals surface area contributed by atoms with Crippen LogP contribution in [0.4, 0.5) is 0 Å². The molecule has 0 aromatic heterocycles. The number of halogens is 4. The fourth-order valence-corrected chi connectivity index (χ4v) is 0.742. The maximum Gasteiger partial charge on any atom is 0.0810 e. The molecule has 0 aromatic rings. The Balaban J connectivity index is 0. The van der Waals surface area contributed by atoms with E-state index in [-0.39, 0.29) is 23.5 Å². The van der Waals surface area contributed by atoms with E-state index in [1.54, 1.807) is 0 Å². The quantitative estimate of drug-likeness (QED) is 0.752. The second-order valence-electron chi connectivity index (χ2n) is 1.92. The molecule has 2 N–H and O–H groups in total. The van der Waals surface area contributed by atoms with E-state index in [0.717, 1.165) is 0 Å². The fraction of sp³-hybridized carbons (Fsp3) is 1.00. The molecule has 0 fully saturated rings. The number of hydrogen-bond acceptors (Lipinski definition) is 2. The van der Waals surface area contributed by atoms with E-state index in [4.69, 9.17) is 56.6 Å². The van der Waals surface area contributed by atoms with E-state index < -0.39 is 12.2 Å². The highest BCUT2D eigenvalue weighted by molar-refractivity contribution is 6.21. The summed E-state index contributed by atoms with van der Waals surface area (Å²) < 4.78 is 0. The Hall–Kier alpha value is 1.08. The van der Waals surface area contributed by atoms with Crippen molar-refractivity contribution >= 4 is 46.4 Å². The summed E-state index contributed by atoms with van der Waals surface area (Å²) in [5, 5.41) is 16.8. The molecule has 0 amide bonds. The molecule has 0 radical (unpaired) electrons. The Bertz CT molecular complexity index is 65.9. The Kier molecular flexibility index (Phi) is 15.7. The molecule has 2 nitrogen and oxygen atoms in total. The Labute approximate surface area is 92.4 Å². The van der Waals surface area contributed by atoms with Gasteiger partial charge in [0.05, 0.1) is 12.2 Å². The average Bonchev–Trinajstić information content (AvgIpc) is 2.16. The van der Waals surface area contributed by atoms with Crippen molar-refractivity contribution in [1.82, 2.24) is 0 Å². The van der Waals surface area contributed by atoms with Crippen LogP contribution in [0.2, 0.25) is 0 Å². The maximum absolute atomic E-state index is 8.40.